The molecule has 1 aromatic carbocycles. The molecule has 3 heterocycles. The van der Waals surface area contributed by atoms with E-state index in [1.165, 1.54) is 0 Å². The number of hydrogen-bond acceptors (Lipinski definition) is 6. The summed E-state index contributed by atoms with van der Waals surface area (Å²) >= 11 is 5.86. The number of nitrogens with zero attached hydrogens (tertiary/aromatic N) is 5. The Bertz CT molecular complexity index is 1130. The number of carbonyl (C=O) groups is 1. The van der Waals surface area contributed by atoms with E-state index in [4.69, 9.17) is 11.6 Å². The number of aryl methyl sites for hydroxylation is 1. The third-order valence-electron chi connectivity index (χ3n) is 3.92. The van der Waals surface area contributed by atoms with Crippen LogP contribution in [0.2, 0.25) is 5.02 Å². The molecule has 0 atom stereocenters. The van der Waals surface area contributed by atoms with Crippen LogP contribution in [0.3, 0.4) is 0 Å². The molecule has 0 spiro atoms. The van der Waals surface area contributed by atoms with Gasteiger partial charge in [-0.1, -0.05) is 11.6 Å². The highest BCUT2D eigenvalue weighted by atomic mass is 35.5. The zero-order chi connectivity index (χ0) is 19.5. The van der Waals surface area contributed by atoms with Crippen molar-refractivity contribution in [2.75, 3.05) is 17.2 Å². The molecule has 0 aliphatic heterocycles. The standard InChI is InChI=1S/C19H16ClN7O/c1-12-9-16(22-11-17(28)24-15-6-4-14(20)5-7-15)27-19(23-12)25-18(26-27)13-3-2-8-21-10-13/h2-10,22H,11H2,1H3,(H,24,28). The van der Waals surface area contributed by atoms with Crippen molar-refractivity contribution in [1.29, 1.82) is 0 Å². The van der Waals surface area contributed by atoms with E-state index in [9.17, 15) is 4.79 Å². The monoisotopic (exact) mass is 393 g/mol. The predicted octanol–water partition coefficient (Wildman–Crippen LogP) is 3.20. The summed E-state index contributed by atoms with van der Waals surface area (Å²) in [5.41, 5.74) is 2.22. The number of anilines is 2. The number of carbonyl (C=O) groups excluding carboxylic acids is 1. The summed E-state index contributed by atoms with van der Waals surface area (Å²) in [5.74, 6) is 1.38. The van der Waals surface area contributed by atoms with Gasteiger partial charge in [-0.25, -0.2) is 4.98 Å². The predicted molar refractivity (Wildman–Crippen MR) is 107 cm³/mol. The van der Waals surface area contributed by atoms with Crippen molar-refractivity contribution in [1.82, 2.24) is 24.6 Å². The average molecular weight is 394 g/mol. The first-order chi connectivity index (χ1) is 13.6. The van der Waals surface area contributed by atoms with Crippen molar-refractivity contribution < 1.29 is 4.79 Å². The quantitative estimate of drug-likeness (QED) is 0.540. The lowest BCUT2D eigenvalue weighted by molar-refractivity contribution is -0.114. The first-order valence-electron chi connectivity index (χ1n) is 8.52. The zero-order valence-electron chi connectivity index (χ0n) is 14.9. The molecule has 4 aromatic rings. The van der Waals surface area contributed by atoms with Crippen LogP contribution in [0.15, 0.2) is 54.9 Å². The van der Waals surface area contributed by atoms with Gasteiger partial charge in [0, 0.05) is 40.4 Å². The zero-order valence-corrected chi connectivity index (χ0v) is 15.7. The topological polar surface area (TPSA) is 97.1 Å². The molecule has 28 heavy (non-hydrogen) atoms. The minimum Gasteiger partial charge on any atom is -0.361 e. The molecule has 0 aliphatic carbocycles. The highest BCUT2D eigenvalue weighted by molar-refractivity contribution is 6.30. The Morgan fingerprint density at radius 2 is 2.00 bits per heavy atom. The van der Waals surface area contributed by atoms with Gasteiger partial charge in [0.1, 0.15) is 5.82 Å². The molecule has 0 fully saturated rings. The number of fused-ring (bicyclic) bond motifs is 1. The van der Waals surface area contributed by atoms with Crippen LogP contribution in [-0.4, -0.2) is 37.0 Å². The minimum atomic E-state index is -0.197. The molecule has 140 valence electrons. The lowest BCUT2D eigenvalue weighted by Gasteiger charge is -2.09. The van der Waals surface area contributed by atoms with Crippen molar-refractivity contribution in [2.24, 2.45) is 0 Å². The van der Waals surface area contributed by atoms with E-state index in [0.29, 0.717) is 28.1 Å². The highest BCUT2D eigenvalue weighted by Gasteiger charge is 2.12. The molecule has 0 bridgehead atoms. The van der Waals surface area contributed by atoms with Crippen LogP contribution in [0.25, 0.3) is 17.2 Å². The fourth-order valence-corrected chi connectivity index (χ4v) is 2.77. The van der Waals surface area contributed by atoms with E-state index in [1.54, 1.807) is 41.2 Å². The van der Waals surface area contributed by atoms with E-state index >= 15 is 0 Å². The number of pyridine rings is 1. The van der Waals surface area contributed by atoms with Gasteiger partial charge in [0.2, 0.25) is 5.91 Å². The number of nitrogens with one attached hydrogen (secondary N) is 2. The molecular weight excluding hydrogens is 378 g/mol. The van der Waals surface area contributed by atoms with Gasteiger partial charge < -0.3 is 10.6 Å². The Balaban J connectivity index is 1.53. The first-order valence-corrected chi connectivity index (χ1v) is 8.90. The van der Waals surface area contributed by atoms with Crippen LogP contribution >= 0.6 is 11.6 Å². The third-order valence-corrected chi connectivity index (χ3v) is 4.17. The van der Waals surface area contributed by atoms with Crippen molar-refractivity contribution in [2.45, 2.75) is 6.92 Å². The summed E-state index contributed by atoms with van der Waals surface area (Å²) in [6.07, 6.45) is 3.38. The number of benzene rings is 1. The van der Waals surface area contributed by atoms with E-state index in [-0.39, 0.29) is 12.5 Å². The first kappa shape index (κ1) is 17.9. The molecule has 4 rings (SSSR count). The molecule has 0 unspecified atom stereocenters. The second-order valence-electron chi connectivity index (χ2n) is 6.08. The highest BCUT2D eigenvalue weighted by Crippen LogP contribution is 2.18. The van der Waals surface area contributed by atoms with Gasteiger partial charge in [-0.2, -0.15) is 9.50 Å². The van der Waals surface area contributed by atoms with E-state index in [1.807, 2.05) is 25.1 Å². The Morgan fingerprint density at radius 1 is 1.18 bits per heavy atom. The Labute approximate surface area is 165 Å². The average Bonchev–Trinajstić information content (AvgIpc) is 3.12. The Morgan fingerprint density at radius 3 is 2.75 bits per heavy atom. The van der Waals surface area contributed by atoms with Gasteiger partial charge in [-0.15, -0.1) is 5.10 Å². The van der Waals surface area contributed by atoms with Gasteiger partial charge in [-0.3, -0.25) is 9.78 Å². The van der Waals surface area contributed by atoms with Crippen molar-refractivity contribution in [3.63, 3.8) is 0 Å². The van der Waals surface area contributed by atoms with Gasteiger partial charge in [0.05, 0.1) is 6.54 Å². The molecule has 0 saturated carbocycles. The van der Waals surface area contributed by atoms with Crippen LogP contribution in [-0.2, 0) is 4.79 Å². The van der Waals surface area contributed by atoms with Crippen molar-refractivity contribution in [3.05, 3.63) is 65.6 Å². The fraction of sp³-hybridized carbons (Fsp3) is 0.105. The molecule has 3 aromatic heterocycles. The molecule has 0 saturated heterocycles. The van der Waals surface area contributed by atoms with Crippen LogP contribution in [0.5, 0.6) is 0 Å². The number of rotatable bonds is 5. The van der Waals surface area contributed by atoms with Crippen LogP contribution in [0.4, 0.5) is 11.5 Å². The second kappa shape index (κ2) is 7.61. The van der Waals surface area contributed by atoms with E-state index < -0.39 is 0 Å². The molecule has 1 amide bonds. The summed E-state index contributed by atoms with van der Waals surface area (Å²) in [5, 5.41) is 11.0. The number of aromatic nitrogens is 5. The van der Waals surface area contributed by atoms with Gasteiger partial charge in [-0.05, 0) is 43.3 Å². The second-order valence-corrected chi connectivity index (χ2v) is 6.52. The maximum absolute atomic E-state index is 12.2. The fourth-order valence-electron chi connectivity index (χ4n) is 2.64. The van der Waals surface area contributed by atoms with E-state index in [2.05, 4.69) is 30.7 Å². The maximum Gasteiger partial charge on any atom is 0.254 e. The van der Waals surface area contributed by atoms with E-state index in [0.717, 1.165) is 11.3 Å². The SMILES string of the molecule is Cc1cc(NCC(=O)Nc2ccc(Cl)cc2)n2nc(-c3cccnc3)nc2n1. The van der Waals surface area contributed by atoms with Crippen LogP contribution in [0, 0.1) is 6.92 Å². The Kier molecular flexibility index (Phi) is 4.86. The lowest BCUT2D eigenvalue weighted by Crippen LogP contribution is -2.23. The van der Waals surface area contributed by atoms with Crippen molar-refractivity contribution >= 4 is 34.8 Å². The summed E-state index contributed by atoms with van der Waals surface area (Å²) in [7, 11) is 0. The number of amides is 1. The summed E-state index contributed by atoms with van der Waals surface area (Å²) < 4.78 is 1.57. The summed E-state index contributed by atoms with van der Waals surface area (Å²) in [6, 6.07) is 12.4. The largest absolute Gasteiger partial charge is 0.361 e. The minimum absolute atomic E-state index is 0.0588. The third kappa shape index (κ3) is 3.91. The molecule has 8 nitrogen and oxygen atoms in total. The van der Waals surface area contributed by atoms with Gasteiger partial charge in [0.15, 0.2) is 5.82 Å². The van der Waals surface area contributed by atoms with Gasteiger partial charge >= 0.3 is 0 Å². The molecule has 2 N–H and O–H groups in total. The van der Waals surface area contributed by atoms with Crippen LogP contribution < -0.4 is 10.6 Å². The summed E-state index contributed by atoms with van der Waals surface area (Å²) in [6.45, 7) is 1.92. The summed E-state index contributed by atoms with van der Waals surface area (Å²) in [4.78, 5) is 25.2. The Hall–Kier alpha value is -3.52. The lowest BCUT2D eigenvalue weighted by atomic mass is 10.3. The smallest absolute Gasteiger partial charge is 0.254 e. The molecule has 0 aliphatic rings. The molecular formula is C19H16ClN7O. The number of halogens is 1. The van der Waals surface area contributed by atoms with Crippen LogP contribution in [0.1, 0.15) is 5.69 Å². The number of hydrogen-bond donors (Lipinski definition) is 2. The van der Waals surface area contributed by atoms with Crippen molar-refractivity contribution in [3.8, 4) is 11.4 Å². The maximum atomic E-state index is 12.2. The normalized spacial score (nSPS) is 10.8. The molecule has 9 heteroatoms. The van der Waals surface area contributed by atoms with Gasteiger partial charge in [0.25, 0.3) is 5.78 Å². The molecule has 0 radical (unpaired) electrons.